The first kappa shape index (κ1) is 14.0. The Bertz CT molecular complexity index is 423. The molecule has 0 heterocycles. The molecule has 1 N–H and O–H groups in total. The zero-order chi connectivity index (χ0) is 13.4. The largest absolute Gasteiger partial charge is 0.460 e. The van der Waals surface area contributed by atoms with Gasteiger partial charge in [-0.05, 0) is 30.7 Å². The summed E-state index contributed by atoms with van der Waals surface area (Å²) >= 11 is 0. The molecule has 1 rings (SSSR count). The van der Waals surface area contributed by atoms with E-state index in [2.05, 4.69) is 11.9 Å². The summed E-state index contributed by atoms with van der Waals surface area (Å²) in [6.07, 6.45) is 1.39. The summed E-state index contributed by atoms with van der Waals surface area (Å²) in [6.45, 7) is 6.26. The van der Waals surface area contributed by atoms with E-state index in [1.54, 1.807) is 24.3 Å². The Hall–Kier alpha value is -2.10. The molecule has 96 valence electrons. The van der Waals surface area contributed by atoms with Crippen molar-refractivity contribution in [3.05, 3.63) is 42.0 Å². The Morgan fingerprint density at radius 2 is 2.06 bits per heavy atom. The van der Waals surface area contributed by atoms with Crippen LogP contribution >= 0.6 is 0 Å². The van der Waals surface area contributed by atoms with Gasteiger partial charge in [0.15, 0.2) is 0 Å². The second-order valence-corrected chi connectivity index (χ2v) is 3.76. The molecular formula is C14H17NO3. The van der Waals surface area contributed by atoms with Gasteiger partial charge in [-0.1, -0.05) is 13.5 Å². The Kier molecular flexibility index (Phi) is 5.64. The molecule has 4 nitrogen and oxygen atoms in total. The molecule has 0 saturated carbocycles. The molecule has 18 heavy (non-hydrogen) atoms. The lowest BCUT2D eigenvalue weighted by Crippen LogP contribution is -2.14. The third-order valence-electron chi connectivity index (χ3n) is 2.43. The van der Waals surface area contributed by atoms with E-state index < -0.39 is 0 Å². The third-order valence-corrected chi connectivity index (χ3v) is 2.43. The summed E-state index contributed by atoms with van der Waals surface area (Å²) in [5.74, 6) is -0.351. The van der Waals surface area contributed by atoms with Gasteiger partial charge >= 0.3 is 5.97 Å². The number of hydrogen-bond acceptors (Lipinski definition) is 4. The van der Waals surface area contributed by atoms with Gasteiger partial charge in [-0.25, -0.2) is 4.79 Å². The highest BCUT2D eigenvalue weighted by atomic mass is 16.5. The van der Waals surface area contributed by atoms with Crippen LogP contribution in [0.4, 0.5) is 5.69 Å². The van der Waals surface area contributed by atoms with Crippen molar-refractivity contribution in [1.29, 1.82) is 0 Å². The molecule has 0 unspecified atom stereocenters. The van der Waals surface area contributed by atoms with Crippen LogP contribution in [0, 0.1) is 0 Å². The van der Waals surface area contributed by atoms with Gasteiger partial charge in [-0.15, -0.1) is 0 Å². The first-order chi connectivity index (χ1) is 8.67. The van der Waals surface area contributed by atoms with E-state index in [0.717, 1.165) is 12.0 Å². The van der Waals surface area contributed by atoms with Crippen LogP contribution in [-0.2, 0) is 9.53 Å². The minimum absolute atomic E-state index is 0.285. The molecule has 0 saturated heterocycles. The van der Waals surface area contributed by atoms with E-state index >= 15 is 0 Å². The van der Waals surface area contributed by atoms with Gasteiger partial charge in [0, 0.05) is 23.4 Å². The predicted molar refractivity (Wildman–Crippen MR) is 70.7 cm³/mol. The molecule has 0 aromatic heterocycles. The highest BCUT2D eigenvalue weighted by molar-refractivity contribution is 5.87. The van der Waals surface area contributed by atoms with Crippen LogP contribution in [0.15, 0.2) is 36.4 Å². The number of aldehydes is 1. The standard InChI is InChI=1S/C14H17NO3/c1-3-11(2)14(17)18-9-8-15-13-6-4-12(10-16)5-7-13/h4-7,10,15H,2-3,8-9H2,1H3. The van der Waals surface area contributed by atoms with Crippen molar-refractivity contribution in [3.63, 3.8) is 0 Å². The zero-order valence-corrected chi connectivity index (χ0v) is 10.4. The highest BCUT2D eigenvalue weighted by Crippen LogP contribution is 2.07. The van der Waals surface area contributed by atoms with E-state index in [1.165, 1.54) is 0 Å². The third kappa shape index (κ3) is 4.41. The van der Waals surface area contributed by atoms with Crippen molar-refractivity contribution < 1.29 is 14.3 Å². The SMILES string of the molecule is C=C(CC)C(=O)OCCNc1ccc(C=O)cc1. The molecule has 0 fully saturated rings. The van der Waals surface area contributed by atoms with Crippen molar-refractivity contribution in [3.8, 4) is 0 Å². The van der Waals surface area contributed by atoms with Crippen LogP contribution in [0.25, 0.3) is 0 Å². The van der Waals surface area contributed by atoms with Crippen LogP contribution < -0.4 is 5.32 Å². The summed E-state index contributed by atoms with van der Waals surface area (Å²) in [6, 6.07) is 7.05. The molecule has 4 heteroatoms. The summed E-state index contributed by atoms with van der Waals surface area (Å²) < 4.78 is 5.00. The average molecular weight is 247 g/mol. The van der Waals surface area contributed by atoms with Crippen LogP contribution in [0.3, 0.4) is 0 Å². The zero-order valence-electron chi connectivity index (χ0n) is 10.4. The molecule has 0 radical (unpaired) electrons. The molecule has 0 atom stereocenters. The molecule has 0 bridgehead atoms. The minimum Gasteiger partial charge on any atom is -0.460 e. The van der Waals surface area contributed by atoms with Gasteiger partial charge in [0.05, 0.1) is 0 Å². The second-order valence-electron chi connectivity index (χ2n) is 3.76. The van der Waals surface area contributed by atoms with E-state index in [4.69, 9.17) is 4.74 Å². The number of carbonyl (C=O) groups is 2. The monoisotopic (exact) mass is 247 g/mol. The maximum absolute atomic E-state index is 11.3. The Labute approximate surface area is 107 Å². The lowest BCUT2D eigenvalue weighted by molar-refractivity contribution is -0.138. The number of hydrogen-bond donors (Lipinski definition) is 1. The van der Waals surface area contributed by atoms with Crippen LogP contribution in [0.5, 0.6) is 0 Å². The fourth-order valence-corrected chi connectivity index (χ4v) is 1.27. The molecule has 0 aliphatic carbocycles. The van der Waals surface area contributed by atoms with Gasteiger partial charge in [-0.3, -0.25) is 4.79 Å². The molecular weight excluding hydrogens is 230 g/mol. The molecule has 0 aliphatic rings. The normalized spacial score (nSPS) is 9.61. The molecule has 1 aromatic carbocycles. The summed E-state index contributed by atoms with van der Waals surface area (Å²) in [5, 5.41) is 3.09. The van der Waals surface area contributed by atoms with Crippen molar-refractivity contribution in [1.82, 2.24) is 0 Å². The maximum Gasteiger partial charge on any atom is 0.333 e. The fraction of sp³-hybridized carbons (Fsp3) is 0.286. The summed E-state index contributed by atoms with van der Waals surface area (Å²) in [7, 11) is 0. The van der Waals surface area contributed by atoms with Crippen LogP contribution in [0.1, 0.15) is 23.7 Å². The van der Waals surface area contributed by atoms with Gasteiger partial charge in [0.1, 0.15) is 12.9 Å². The van der Waals surface area contributed by atoms with Gasteiger partial charge < -0.3 is 10.1 Å². The van der Waals surface area contributed by atoms with Crippen molar-refractivity contribution >= 4 is 17.9 Å². The number of esters is 1. The summed E-state index contributed by atoms with van der Waals surface area (Å²) in [4.78, 5) is 21.7. The van der Waals surface area contributed by atoms with Crippen LogP contribution in [-0.4, -0.2) is 25.4 Å². The van der Waals surface area contributed by atoms with Gasteiger partial charge in [-0.2, -0.15) is 0 Å². The number of anilines is 1. The lowest BCUT2D eigenvalue weighted by Gasteiger charge is -2.08. The number of rotatable bonds is 7. The molecule has 0 aliphatic heterocycles. The minimum atomic E-state index is -0.351. The topological polar surface area (TPSA) is 55.4 Å². The molecule has 0 amide bonds. The van der Waals surface area contributed by atoms with E-state index in [1.807, 2.05) is 6.92 Å². The van der Waals surface area contributed by atoms with E-state index in [9.17, 15) is 9.59 Å². The Morgan fingerprint density at radius 3 is 2.61 bits per heavy atom. The number of benzene rings is 1. The highest BCUT2D eigenvalue weighted by Gasteiger charge is 2.04. The number of ether oxygens (including phenoxy) is 1. The first-order valence-electron chi connectivity index (χ1n) is 5.81. The van der Waals surface area contributed by atoms with Crippen LogP contribution in [0.2, 0.25) is 0 Å². The molecule has 1 aromatic rings. The fourth-order valence-electron chi connectivity index (χ4n) is 1.27. The smallest absolute Gasteiger partial charge is 0.333 e. The Morgan fingerprint density at radius 1 is 1.39 bits per heavy atom. The first-order valence-corrected chi connectivity index (χ1v) is 5.81. The van der Waals surface area contributed by atoms with Gasteiger partial charge in [0.25, 0.3) is 0 Å². The van der Waals surface area contributed by atoms with Crippen molar-refractivity contribution in [2.45, 2.75) is 13.3 Å². The summed E-state index contributed by atoms with van der Waals surface area (Å²) in [5.41, 5.74) is 1.99. The Balaban J connectivity index is 2.27. The van der Waals surface area contributed by atoms with Crippen molar-refractivity contribution in [2.75, 3.05) is 18.5 Å². The van der Waals surface area contributed by atoms with Crippen molar-refractivity contribution in [2.24, 2.45) is 0 Å². The second kappa shape index (κ2) is 7.27. The van der Waals surface area contributed by atoms with Gasteiger partial charge in [0.2, 0.25) is 0 Å². The number of nitrogens with one attached hydrogen (secondary N) is 1. The predicted octanol–water partition coefficient (Wildman–Crippen LogP) is 2.42. The van der Waals surface area contributed by atoms with E-state index in [0.29, 0.717) is 24.1 Å². The van der Waals surface area contributed by atoms with E-state index in [-0.39, 0.29) is 12.6 Å². The average Bonchev–Trinajstić information content (AvgIpc) is 2.43. The quantitative estimate of drug-likeness (QED) is 0.348. The molecule has 0 spiro atoms. The lowest BCUT2D eigenvalue weighted by atomic mass is 10.2. The maximum atomic E-state index is 11.3. The number of carbonyl (C=O) groups excluding carboxylic acids is 2.